The molecule has 1 atom stereocenters. The molecule has 0 aliphatic heterocycles. The van der Waals surface area contributed by atoms with Gasteiger partial charge in [-0.1, -0.05) is 70.9 Å². The highest BCUT2D eigenvalue weighted by atomic mass is 16.3. The number of aliphatic hydroxyl groups excluding tert-OH is 1. The fraction of sp³-hybridized carbons (Fsp3) is 0.857. The fourth-order valence-corrected chi connectivity index (χ4v) is 2.72. The molecule has 0 saturated heterocycles. The molecule has 0 saturated carbocycles. The molecule has 3 N–H and O–H groups in total. The molecule has 0 rings (SSSR count). The number of carbonyl (C=O) groups is 1. The number of hydrogen-bond acceptors (Lipinski definition) is 3. The average Bonchev–Trinajstić information content (AvgIpc) is 2.60. The molecule has 0 aliphatic rings. The minimum atomic E-state index is -0.161. The third kappa shape index (κ3) is 19.3. The van der Waals surface area contributed by atoms with Gasteiger partial charge in [-0.15, -0.1) is 0 Å². The Morgan fingerprint density at radius 2 is 1.64 bits per heavy atom. The quantitative estimate of drug-likeness (QED) is 0.184. The van der Waals surface area contributed by atoms with E-state index in [0.29, 0.717) is 6.42 Å². The third-order valence-corrected chi connectivity index (χ3v) is 4.34. The van der Waals surface area contributed by atoms with Crippen LogP contribution in [0.25, 0.3) is 0 Å². The van der Waals surface area contributed by atoms with E-state index < -0.39 is 0 Å². The molecule has 0 heterocycles. The first-order valence-electron chi connectivity index (χ1n) is 10.5. The largest absolute Gasteiger partial charge is 0.393 e. The lowest BCUT2D eigenvalue weighted by Crippen LogP contribution is -2.37. The number of allylic oxidation sites excluding steroid dienone is 1. The van der Waals surface area contributed by atoms with E-state index in [-0.39, 0.29) is 12.0 Å². The molecule has 148 valence electrons. The predicted molar refractivity (Wildman–Crippen MR) is 107 cm³/mol. The first-order chi connectivity index (χ1) is 12.2. The number of unbranched alkanes of at least 4 members (excludes halogenated alkanes) is 8. The molecular formula is C21H42N2O2. The van der Waals surface area contributed by atoms with E-state index in [1.54, 1.807) is 0 Å². The maximum Gasteiger partial charge on any atom is 0.234 e. The number of amides is 1. The highest BCUT2D eigenvalue weighted by Gasteiger charge is 2.01. The SMILES string of the molecule is CCCCCCC(O)C/C=C\CCCCCCCC(=O)NNCCC. The molecule has 0 aromatic carbocycles. The molecule has 0 spiro atoms. The molecule has 0 fully saturated rings. The number of hydrazine groups is 1. The molecule has 0 aromatic rings. The molecule has 25 heavy (non-hydrogen) atoms. The van der Waals surface area contributed by atoms with Crippen LogP contribution in [0.5, 0.6) is 0 Å². The van der Waals surface area contributed by atoms with Crippen molar-refractivity contribution in [2.24, 2.45) is 0 Å². The summed E-state index contributed by atoms with van der Waals surface area (Å²) in [6.07, 6.45) is 19.3. The summed E-state index contributed by atoms with van der Waals surface area (Å²) >= 11 is 0. The summed E-state index contributed by atoms with van der Waals surface area (Å²) in [5.74, 6) is 0.102. The summed E-state index contributed by atoms with van der Waals surface area (Å²) in [7, 11) is 0. The Bertz CT molecular complexity index is 319. The lowest BCUT2D eigenvalue weighted by Gasteiger charge is -2.07. The summed E-state index contributed by atoms with van der Waals surface area (Å²) in [5, 5.41) is 9.87. The van der Waals surface area contributed by atoms with Crippen LogP contribution in [0.1, 0.15) is 104 Å². The molecular weight excluding hydrogens is 312 g/mol. The van der Waals surface area contributed by atoms with Gasteiger partial charge < -0.3 is 5.11 Å². The number of rotatable bonds is 18. The first-order valence-corrected chi connectivity index (χ1v) is 10.5. The van der Waals surface area contributed by atoms with Crippen molar-refractivity contribution in [1.82, 2.24) is 10.9 Å². The Morgan fingerprint density at radius 1 is 0.920 bits per heavy atom. The van der Waals surface area contributed by atoms with E-state index in [9.17, 15) is 9.90 Å². The molecule has 0 radical (unpaired) electrons. The van der Waals surface area contributed by atoms with E-state index in [0.717, 1.165) is 51.5 Å². The second-order valence-corrected chi connectivity index (χ2v) is 6.99. The van der Waals surface area contributed by atoms with E-state index >= 15 is 0 Å². The minimum absolute atomic E-state index is 0.102. The third-order valence-electron chi connectivity index (χ3n) is 4.34. The molecule has 0 bridgehead atoms. The van der Waals surface area contributed by atoms with E-state index in [1.807, 2.05) is 0 Å². The second kappa shape index (κ2) is 19.5. The van der Waals surface area contributed by atoms with E-state index in [2.05, 4.69) is 36.9 Å². The zero-order valence-corrected chi connectivity index (χ0v) is 16.7. The van der Waals surface area contributed by atoms with Gasteiger partial charge in [-0.2, -0.15) is 0 Å². The van der Waals surface area contributed by atoms with Crippen LogP contribution in [0.3, 0.4) is 0 Å². The molecule has 0 aromatic heterocycles. The average molecular weight is 355 g/mol. The number of nitrogens with one attached hydrogen (secondary N) is 2. The van der Waals surface area contributed by atoms with Gasteiger partial charge in [0.1, 0.15) is 0 Å². The summed E-state index contributed by atoms with van der Waals surface area (Å²) in [4.78, 5) is 11.5. The van der Waals surface area contributed by atoms with Crippen LogP contribution in [0.2, 0.25) is 0 Å². The van der Waals surface area contributed by atoms with Crippen molar-refractivity contribution < 1.29 is 9.90 Å². The van der Waals surface area contributed by atoms with E-state index in [1.165, 1.54) is 38.5 Å². The van der Waals surface area contributed by atoms with Crippen molar-refractivity contribution in [3.05, 3.63) is 12.2 Å². The highest BCUT2D eigenvalue weighted by molar-refractivity contribution is 5.75. The van der Waals surface area contributed by atoms with Crippen molar-refractivity contribution in [2.45, 2.75) is 110 Å². The van der Waals surface area contributed by atoms with Gasteiger partial charge >= 0.3 is 0 Å². The topological polar surface area (TPSA) is 61.4 Å². The van der Waals surface area contributed by atoms with Gasteiger partial charge in [-0.25, -0.2) is 5.43 Å². The number of hydrogen-bond donors (Lipinski definition) is 3. The molecule has 1 amide bonds. The molecule has 4 nitrogen and oxygen atoms in total. The Balaban J connectivity index is 3.30. The molecule has 1 unspecified atom stereocenters. The Kier molecular flexibility index (Phi) is 18.8. The van der Waals surface area contributed by atoms with E-state index in [4.69, 9.17) is 0 Å². The monoisotopic (exact) mass is 354 g/mol. The zero-order chi connectivity index (χ0) is 18.6. The second-order valence-electron chi connectivity index (χ2n) is 6.99. The van der Waals surface area contributed by atoms with Crippen molar-refractivity contribution in [3.8, 4) is 0 Å². The summed E-state index contributed by atoms with van der Waals surface area (Å²) in [6.45, 7) is 5.11. The predicted octanol–water partition coefficient (Wildman–Crippen LogP) is 5.03. The van der Waals surface area contributed by atoms with Gasteiger partial charge in [-0.05, 0) is 38.5 Å². The van der Waals surface area contributed by atoms with Gasteiger partial charge in [0.25, 0.3) is 0 Å². The van der Waals surface area contributed by atoms with Crippen molar-refractivity contribution >= 4 is 5.91 Å². The van der Waals surface area contributed by atoms with Gasteiger partial charge in [-0.3, -0.25) is 10.2 Å². The van der Waals surface area contributed by atoms with Gasteiger partial charge in [0.15, 0.2) is 0 Å². The first kappa shape index (κ1) is 24.1. The van der Waals surface area contributed by atoms with Crippen LogP contribution < -0.4 is 10.9 Å². The Labute approximate surface area is 155 Å². The Hall–Kier alpha value is -0.870. The van der Waals surface area contributed by atoms with Gasteiger partial charge in [0.05, 0.1) is 6.10 Å². The van der Waals surface area contributed by atoms with Crippen molar-refractivity contribution in [3.63, 3.8) is 0 Å². The zero-order valence-electron chi connectivity index (χ0n) is 16.7. The van der Waals surface area contributed by atoms with Crippen LogP contribution in [0.15, 0.2) is 12.2 Å². The normalized spacial score (nSPS) is 12.6. The minimum Gasteiger partial charge on any atom is -0.393 e. The summed E-state index contributed by atoms with van der Waals surface area (Å²) in [5.41, 5.74) is 5.63. The smallest absolute Gasteiger partial charge is 0.234 e. The lowest BCUT2D eigenvalue weighted by atomic mass is 10.1. The van der Waals surface area contributed by atoms with Crippen molar-refractivity contribution in [1.29, 1.82) is 0 Å². The lowest BCUT2D eigenvalue weighted by molar-refractivity contribution is -0.122. The van der Waals surface area contributed by atoms with Crippen LogP contribution in [-0.4, -0.2) is 23.7 Å². The number of aliphatic hydroxyl groups is 1. The summed E-state index contributed by atoms with van der Waals surface area (Å²) < 4.78 is 0. The maximum absolute atomic E-state index is 11.5. The van der Waals surface area contributed by atoms with Crippen LogP contribution in [0.4, 0.5) is 0 Å². The summed E-state index contributed by atoms with van der Waals surface area (Å²) in [6, 6.07) is 0. The van der Waals surface area contributed by atoms with Gasteiger partial charge in [0.2, 0.25) is 5.91 Å². The standard InChI is InChI=1S/C21H42N2O2/c1-3-5-6-13-16-20(24)17-14-11-9-7-8-10-12-15-18-21(25)23-22-19-4-2/h11,14,20,22,24H,3-10,12-13,15-19H2,1-2H3,(H,23,25)/b14-11-. The van der Waals surface area contributed by atoms with Crippen LogP contribution in [0, 0.1) is 0 Å². The highest BCUT2D eigenvalue weighted by Crippen LogP contribution is 2.10. The van der Waals surface area contributed by atoms with Crippen LogP contribution in [-0.2, 0) is 4.79 Å². The fourth-order valence-electron chi connectivity index (χ4n) is 2.72. The van der Waals surface area contributed by atoms with Crippen molar-refractivity contribution in [2.75, 3.05) is 6.54 Å². The number of carbonyl (C=O) groups excluding carboxylic acids is 1. The van der Waals surface area contributed by atoms with Crippen LogP contribution >= 0.6 is 0 Å². The maximum atomic E-state index is 11.5. The van der Waals surface area contributed by atoms with Gasteiger partial charge in [0, 0.05) is 13.0 Å². The molecule has 0 aliphatic carbocycles. The molecule has 4 heteroatoms. The Morgan fingerprint density at radius 3 is 2.40 bits per heavy atom.